The average molecular weight is 424 g/mol. The van der Waals surface area contributed by atoms with Crippen molar-refractivity contribution in [3.8, 4) is 0 Å². The van der Waals surface area contributed by atoms with E-state index in [9.17, 15) is 9.00 Å². The van der Waals surface area contributed by atoms with Crippen LogP contribution in [0.4, 0.5) is 5.69 Å². The van der Waals surface area contributed by atoms with Gasteiger partial charge >= 0.3 is 0 Å². The number of amides is 1. The van der Waals surface area contributed by atoms with Gasteiger partial charge in [0.1, 0.15) is 17.6 Å². The third-order valence-electron chi connectivity index (χ3n) is 3.54. The summed E-state index contributed by atoms with van der Waals surface area (Å²) in [7, 11) is 2.47. The number of hydrogen-bond donors (Lipinski definition) is 3. The number of carbonyl (C=O) groups excluding carboxylic acids is 1. The highest BCUT2D eigenvalue weighted by Crippen LogP contribution is 2.14. The van der Waals surface area contributed by atoms with Gasteiger partial charge in [0, 0.05) is 25.8 Å². The molecule has 1 unspecified atom stereocenters. The van der Waals surface area contributed by atoms with Crippen LogP contribution in [0.25, 0.3) is 0 Å². The van der Waals surface area contributed by atoms with Crippen LogP contribution in [0.3, 0.4) is 0 Å². The first-order valence-corrected chi connectivity index (χ1v) is 9.73. The van der Waals surface area contributed by atoms with Crippen LogP contribution in [0, 0.1) is 0 Å². The van der Waals surface area contributed by atoms with Crippen LogP contribution in [-0.4, -0.2) is 52.3 Å². The zero-order valence-electron chi connectivity index (χ0n) is 16.6. The number of nitrogens with zero attached hydrogens (tertiary/aromatic N) is 1. The van der Waals surface area contributed by atoms with Crippen molar-refractivity contribution in [3.63, 3.8) is 0 Å². The molecular weight excluding hydrogens is 394 g/mol. The highest BCUT2D eigenvalue weighted by atomic mass is 32.2. The molecule has 0 heterocycles. The van der Waals surface area contributed by atoms with E-state index in [4.69, 9.17) is 5.26 Å². The molecule has 5 N–H and O–H groups in total. The monoisotopic (exact) mass is 423 g/mol. The summed E-state index contributed by atoms with van der Waals surface area (Å²) in [6.45, 7) is 5.11. The van der Waals surface area contributed by atoms with E-state index in [0.717, 1.165) is 12.1 Å². The van der Waals surface area contributed by atoms with Gasteiger partial charge in [0.15, 0.2) is 0 Å². The van der Waals surface area contributed by atoms with Crippen LogP contribution < -0.4 is 10.6 Å². The molecular formula is C20H29N3O5S. The van der Waals surface area contributed by atoms with Crippen molar-refractivity contribution >= 4 is 22.6 Å². The van der Waals surface area contributed by atoms with E-state index < -0.39 is 11.0 Å². The molecule has 1 amide bonds. The maximum absolute atomic E-state index is 12.1. The largest absolute Gasteiger partial charge is 0.412 e. The van der Waals surface area contributed by atoms with E-state index in [-0.39, 0.29) is 18.0 Å². The smallest absolute Gasteiger partial charge is 0.247 e. The van der Waals surface area contributed by atoms with Crippen molar-refractivity contribution in [2.45, 2.75) is 11.5 Å². The SMILES string of the molecule is C=CC(=O)Nc1ccc(S(=O)N(C)CCNC)cc1.O.OOCc1ccccc1. The number of benzene rings is 2. The van der Waals surface area contributed by atoms with Gasteiger partial charge < -0.3 is 16.1 Å². The van der Waals surface area contributed by atoms with Crippen molar-refractivity contribution in [2.24, 2.45) is 0 Å². The zero-order chi connectivity index (χ0) is 20.8. The van der Waals surface area contributed by atoms with Crippen molar-refractivity contribution in [1.82, 2.24) is 9.62 Å². The van der Waals surface area contributed by atoms with Gasteiger partial charge in [0.05, 0.1) is 4.90 Å². The van der Waals surface area contributed by atoms with E-state index in [0.29, 0.717) is 17.1 Å². The van der Waals surface area contributed by atoms with Crippen LogP contribution in [0.2, 0.25) is 0 Å². The molecule has 2 aromatic rings. The second-order valence-electron chi connectivity index (χ2n) is 5.68. The summed E-state index contributed by atoms with van der Waals surface area (Å²) in [5.41, 5.74) is 1.63. The molecule has 0 aliphatic rings. The second kappa shape index (κ2) is 15.5. The Balaban J connectivity index is 0.000000658. The van der Waals surface area contributed by atoms with Crippen LogP contribution in [0.15, 0.2) is 72.1 Å². The van der Waals surface area contributed by atoms with Crippen LogP contribution in [-0.2, 0) is 27.3 Å². The Hall–Kier alpha value is -2.40. The first-order valence-electron chi connectivity index (χ1n) is 8.63. The summed E-state index contributed by atoms with van der Waals surface area (Å²) in [6.07, 6.45) is 1.21. The highest BCUT2D eigenvalue weighted by molar-refractivity contribution is 7.82. The van der Waals surface area contributed by atoms with Crippen molar-refractivity contribution in [2.75, 3.05) is 32.5 Å². The summed E-state index contributed by atoms with van der Waals surface area (Å²) in [5, 5.41) is 13.7. The molecule has 2 rings (SSSR count). The fraction of sp³-hybridized carbons (Fsp3) is 0.250. The molecule has 0 fully saturated rings. The first-order chi connectivity index (χ1) is 13.5. The number of likely N-dealkylation sites (N-methyl/N-ethyl adjacent to an activating group) is 2. The molecule has 1 atom stereocenters. The van der Waals surface area contributed by atoms with Crippen LogP contribution in [0.1, 0.15) is 5.56 Å². The van der Waals surface area contributed by atoms with E-state index >= 15 is 0 Å². The third-order valence-corrected chi connectivity index (χ3v) is 4.97. The maximum atomic E-state index is 12.1. The minimum Gasteiger partial charge on any atom is -0.412 e. The van der Waals surface area contributed by atoms with Crippen molar-refractivity contribution in [1.29, 1.82) is 0 Å². The van der Waals surface area contributed by atoms with E-state index in [1.807, 2.05) is 37.4 Å². The van der Waals surface area contributed by atoms with Gasteiger partial charge in [-0.15, -0.1) is 0 Å². The van der Waals surface area contributed by atoms with Gasteiger partial charge in [0.25, 0.3) is 0 Å². The number of rotatable bonds is 9. The van der Waals surface area contributed by atoms with Gasteiger partial charge in [-0.3, -0.25) is 10.1 Å². The Kier molecular flexibility index (Phi) is 14.2. The van der Waals surface area contributed by atoms with Crippen LogP contribution in [0.5, 0.6) is 0 Å². The quantitative estimate of drug-likeness (QED) is 0.323. The molecule has 160 valence electrons. The fourth-order valence-electron chi connectivity index (χ4n) is 2.03. The molecule has 0 bridgehead atoms. The predicted molar refractivity (Wildman–Crippen MR) is 116 cm³/mol. The second-order valence-corrected chi connectivity index (χ2v) is 7.27. The minimum atomic E-state index is -1.19. The molecule has 0 saturated carbocycles. The maximum Gasteiger partial charge on any atom is 0.247 e. The topological polar surface area (TPSA) is 122 Å². The lowest BCUT2D eigenvalue weighted by molar-refractivity contribution is -0.253. The van der Waals surface area contributed by atoms with Gasteiger partial charge in [-0.1, -0.05) is 36.9 Å². The molecule has 0 aliphatic carbocycles. The van der Waals surface area contributed by atoms with E-state index in [2.05, 4.69) is 22.1 Å². The number of hydrogen-bond acceptors (Lipinski definition) is 5. The molecule has 0 spiro atoms. The molecule has 0 saturated heterocycles. The van der Waals surface area contributed by atoms with E-state index in [1.54, 1.807) is 35.6 Å². The number of anilines is 1. The first kappa shape index (κ1) is 26.6. The predicted octanol–water partition coefficient (Wildman–Crippen LogP) is 1.84. The summed E-state index contributed by atoms with van der Waals surface area (Å²) >= 11 is 0. The number of carbonyl (C=O) groups is 1. The fourth-order valence-corrected chi connectivity index (χ4v) is 3.01. The molecule has 0 radical (unpaired) electrons. The summed E-state index contributed by atoms with van der Waals surface area (Å²) < 4.78 is 13.9. The van der Waals surface area contributed by atoms with Crippen molar-refractivity contribution < 1.29 is 24.6 Å². The molecule has 2 aromatic carbocycles. The minimum absolute atomic E-state index is 0. The Morgan fingerprint density at radius 3 is 2.34 bits per heavy atom. The lowest BCUT2D eigenvalue weighted by atomic mass is 10.2. The third kappa shape index (κ3) is 10.6. The van der Waals surface area contributed by atoms with Gasteiger partial charge in [-0.2, -0.15) is 0 Å². The molecule has 9 heteroatoms. The Labute approximate surface area is 174 Å². The molecule has 0 aromatic heterocycles. The standard InChI is InChI=1S/C13H19N3O2S.C7H8O2.H2O/c1-4-13(17)15-11-5-7-12(8-6-11)19(18)16(3)10-9-14-2;8-9-6-7-4-2-1-3-5-7;/h4-8,14H,1,9-10H2,2-3H3,(H,15,17);1-5,8H,6H2;1H2. The lowest BCUT2D eigenvalue weighted by Gasteiger charge is -2.15. The summed E-state index contributed by atoms with van der Waals surface area (Å²) in [4.78, 5) is 15.8. The number of nitrogens with one attached hydrogen (secondary N) is 2. The van der Waals surface area contributed by atoms with Gasteiger partial charge in [-0.25, -0.2) is 13.4 Å². The Morgan fingerprint density at radius 2 is 1.83 bits per heavy atom. The molecule has 29 heavy (non-hydrogen) atoms. The summed E-state index contributed by atoms with van der Waals surface area (Å²) in [5.74, 6) is -0.264. The Morgan fingerprint density at radius 1 is 1.21 bits per heavy atom. The van der Waals surface area contributed by atoms with Gasteiger partial charge in [-0.05, 0) is 43.0 Å². The Bertz CT molecular complexity index is 742. The highest BCUT2D eigenvalue weighted by Gasteiger charge is 2.10. The van der Waals surface area contributed by atoms with Crippen molar-refractivity contribution in [3.05, 3.63) is 72.8 Å². The average Bonchev–Trinajstić information content (AvgIpc) is 2.73. The molecule has 0 aliphatic heterocycles. The summed E-state index contributed by atoms with van der Waals surface area (Å²) in [6, 6.07) is 16.4. The van der Waals surface area contributed by atoms with Gasteiger partial charge in [0.2, 0.25) is 5.91 Å². The van der Waals surface area contributed by atoms with Crippen LogP contribution >= 0.6 is 0 Å². The van der Waals surface area contributed by atoms with E-state index in [1.165, 1.54) is 6.08 Å². The molecule has 8 nitrogen and oxygen atoms in total. The normalized spacial score (nSPS) is 10.9. The zero-order valence-corrected chi connectivity index (χ0v) is 17.4. The lowest BCUT2D eigenvalue weighted by Crippen LogP contribution is -2.29.